The summed E-state index contributed by atoms with van der Waals surface area (Å²) in [6, 6.07) is 12.1. The van der Waals surface area contributed by atoms with Gasteiger partial charge in [0.05, 0.1) is 11.6 Å². The Balaban J connectivity index is 1.39. The van der Waals surface area contributed by atoms with Gasteiger partial charge in [0.1, 0.15) is 17.1 Å². The Kier molecular flexibility index (Phi) is 6.23. The van der Waals surface area contributed by atoms with Crippen LogP contribution in [0.25, 0.3) is 0 Å². The minimum absolute atomic E-state index is 0.0306. The number of carbonyl (C=O) groups is 1. The number of nitrogens with one attached hydrogen (secondary N) is 2. The molecule has 9 nitrogen and oxygen atoms in total. The molecule has 1 aromatic heterocycles. The maximum Gasteiger partial charge on any atom is 0.270 e. The number of hydrogen-bond acceptors (Lipinski definition) is 8. The first-order valence-electron chi connectivity index (χ1n) is 11.2. The smallest absolute Gasteiger partial charge is 0.270 e. The molecular weight excluding hydrogens is 471 g/mol. The zero-order chi connectivity index (χ0) is 24.5. The van der Waals surface area contributed by atoms with Gasteiger partial charge < -0.3 is 15.5 Å². The van der Waals surface area contributed by atoms with Crippen LogP contribution in [-0.4, -0.2) is 67.0 Å². The van der Waals surface area contributed by atoms with E-state index in [1.807, 2.05) is 38.4 Å². The van der Waals surface area contributed by atoms with Crippen molar-refractivity contribution in [2.24, 2.45) is 4.99 Å². The molecule has 2 aliphatic rings. The molecule has 5 rings (SSSR count). The Labute approximate surface area is 207 Å². The number of anilines is 5. The van der Waals surface area contributed by atoms with Crippen molar-refractivity contribution in [1.29, 1.82) is 0 Å². The van der Waals surface area contributed by atoms with Gasteiger partial charge in [-0.15, -0.1) is 0 Å². The fraction of sp³-hybridized carbons (Fsp3) is 0.250. The average Bonchev–Trinajstić information content (AvgIpc) is 3.32. The maximum atomic E-state index is 14.7. The second kappa shape index (κ2) is 9.47. The van der Waals surface area contributed by atoms with Crippen LogP contribution < -0.4 is 20.4 Å². The van der Waals surface area contributed by atoms with Crippen molar-refractivity contribution in [3.05, 3.63) is 65.1 Å². The second-order valence-electron chi connectivity index (χ2n) is 8.41. The van der Waals surface area contributed by atoms with Crippen molar-refractivity contribution in [3.8, 4) is 0 Å². The molecule has 180 valence electrons. The van der Waals surface area contributed by atoms with Gasteiger partial charge in [0.15, 0.2) is 5.82 Å². The van der Waals surface area contributed by atoms with Crippen LogP contribution in [0.5, 0.6) is 0 Å². The number of halogens is 2. The zero-order valence-electron chi connectivity index (χ0n) is 19.3. The van der Waals surface area contributed by atoms with E-state index in [0.29, 0.717) is 30.8 Å². The van der Waals surface area contributed by atoms with Gasteiger partial charge in [0.25, 0.3) is 5.91 Å². The van der Waals surface area contributed by atoms with Crippen molar-refractivity contribution in [2.75, 3.05) is 60.7 Å². The highest BCUT2D eigenvalue weighted by Crippen LogP contribution is 2.37. The molecule has 0 spiro atoms. The number of carbonyl (C=O) groups excluding carboxylic acids is 1. The quantitative estimate of drug-likeness (QED) is 0.516. The number of fused-ring (bicyclic) bond motifs is 3. The number of guanidine groups is 1. The fourth-order valence-electron chi connectivity index (χ4n) is 3.96. The predicted molar refractivity (Wildman–Crippen MR) is 137 cm³/mol. The number of aromatic nitrogens is 2. The van der Waals surface area contributed by atoms with Gasteiger partial charge in [-0.2, -0.15) is 4.98 Å². The summed E-state index contributed by atoms with van der Waals surface area (Å²) in [5.41, 5.74) is 2.03. The molecule has 0 aliphatic carbocycles. The van der Waals surface area contributed by atoms with E-state index in [1.165, 1.54) is 29.3 Å². The number of likely N-dealkylation sites (N-methyl/N-ethyl adjacent to an activating group) is 1. The summed E-state index contributed by atoms with van der Waals surface area (Å²) in [5.74, 6) is -0.0264. The van der Waals surface area contributed by atoms with Crippen LogP contribution in [0.15, 0.2) is 53.7 Å². The van der Waals surface area contributed by atoms with Crippen molar-refractivity contribution in [1.82, 2.24) is 14.9 Å². The Hall–Kier alpha value is -3.76. The minimum Gasteiger partial charge on any atom is -0.384 e. The number of amides is 1. The van der Waals surface area contributed by atoms with E-state index < -0.39 is 11.7 Å². The largest absolute Gasteiger partial charge is 0.384 e. The third-order valence-corrected chi connectivity index (χ3v) is 5.97. The van der Waals surface area contributed by atoms with Crippen LogP contribution in [0.1, 0.15) is 10.4 Å². The van der Waals surface area contributed by atoms with Gasteiger partial charge in [0.2, 0.25) is 11.9 Å². The minimum atomic E-state index is -0.609. The summed E-state index contributed by atoms with van der Waals surface area (Å²) in [6.07, 6.45) is 1.45. The highest BCUT2D eigenvalue weighted by atomic mass is 35.5. The van der Waals surface area contributed by atoms with Gasteiger partial charge in [-0.3, -0.25) is 14.7 Å². The Morgan fingerprint density at radius 3 is 2.66 bits per heavy atom. The normalized spacial score (nSPS) is 14.7. The molecule has 0 saturated heterocycles. The van der Waals surface area contributed by atoms with E-state index in [-0.39, 0.29) is 16.3 Å². The lowest BCUT2D eigenvalue weighted by molar-refractivity contribution is 0.0999. The standard InChI is InChI=1S/C24H24ClFN8O/c1-32(2)12-10-27-15-6-8-16(9-7-15)30-23-29-14-17-21(31-23)33-13-11-28-24(33)34(22(17)35)20-18(25)4-3-5-19(20)26/h3-9,14,27H,10-13H2,1-2H3,(H,29,30,31). The SMILES string of the molecule is CN(C)CCNc1ccc(Nc2ncc3c(n2)N2CCN=C2N(c2c(F)cccc2Cl)C3=O)cc1. The molecule has 3 aromatic rings. The molecule has 0 radical (unpaired) electrons. The van der Waals surface area contributed by atoms with Crippen molar-refractivity contribution >= 4 is 52.3 Å². The lowest BCUT2D eigenvalue weighted by Crippen LogP contribution is -2.51. The first-order chi connectivity index (χ1) is 16.9. The summed E-state index contributed by atoms with van der Waals surface area (Å²) in [7, 11) is 4.06. The number of para-hydroxylation sites is 1. The third-order valence-electron chi connectivity index (χ3n) is 5.67. The Morgan fingerprint density at radius 1 is 1.14 bits per heavy atom. The van der Waals surface area contributed by atoms with E-state index in [9.17, 15) is 9.18 Å². The summed E-state index contributed by atoms with van der Waals surface area (Å²) in [4.78, 5) is 31.8. The fourth-order valence-corrected chi connectivity index (χ4v) is 4.20. The predicted octanol–water partition coefficient (Wildman–Crippen LogP) is 3.82. The second-order valence-corrected chi connectivity index (χ2v) is 8.81. The van der Waals surface area contributed by atoms with Crippen molar-refractivity contribution in [3.63, 3.8) is 0 Å². The molecule has 11 heteroatoms. The molecule has 0 atom stereocenters. The number of hydrogen-bond donors (Lipinski definition) is 2. The number of rotatable bonds is 7. The Morgan fingerprint density at radius 2 is 1.91 bits per heavy atom. The summed E-state index contributed by atoms with van der Waals surface area (Å²) in [6.45, 7) is 2.72. The molecule has 0 bridgehead atoms. The van der Waals surface area contributed by atoms with Crippen LogP contribution in [0.4, 0.5) is 33.2 Å². The zero-order valence-corrected chi connectivity index (χ0v) is 20.1. The molecule has 0 unspecified atom stereocenters. The van der Waals surface area contributed by atoms with Gasteiger partial charge in [-0.25, -0.2) is 14.3 Å². The monoisotopic (exact) mass is 494 g/mol. The summed E-state index contributed by atoms with van der Waals surface area (Å²) >= 11 is 6.26. The topological polar surface area (TPSA) is 89.0 Å². The van der Waals surface area contributed by atoms with Gasteiger partial charge in [-0.05, 0) is 50.5 Å². The molecule has 3 heterocycles. The highest BCUT2D eigenvalue weighted by Gasteiger charge is 2.41. The van der Waals surface area contributed by atoms with E-state index in [0.717, 1.165) is 24.5 Å². The van der Waals surface area contributed by atoms with Crippen molar-refractivity contribution in [2.45, 2.75) is 0 Å². The van der Waals surface area contributed by atoms with E-state index >= 15 is 0 Å². The number of benzene rings is 2. The molecule has 2 aromatic carbocycles. The van der Waals surface area contributed by atoms with Crippen LogP contribution in [0, 0.1) is 5.82 Å². The Bertz CT molecular complexity index is 1280. The van der Waals surface area contributed by atoms with Gasteiger partial charge in [0, 0.05) is 37.2 Å². The third kappa shape index (κ3) is 4.50. The molecule has 0 saturated carbocycles. The molecule has 2 aliphatic heterocycles. The maximum absolute atomic E-state index is 14.7. The van der Waals surface area contributed by atoms with Crippen LogP contribution in [0.2, 0.25) is 5.02 Å². The van der Waals surface area contributed by atoms with Gasteiger partial charge >= 0.3 is 0 Å². The number of aliphatic imine (C=N–C) groups is 1. The number of nitrogens with zero attached hydrogens (tertiary/aromatic N) is 6. The molecule has 0 fully saturated rings. The van der Waals surface area contributed by atoms with E-state index in [4.69, 9.17) is 11.6 Å². The lowest BCUT2D eigenvalue weighted by Gasteiger charge is -2.35. The first-order valence-corrected chi connectivity index (χ1v) is 11.5. The first kappa shape index (κ1) is 23.0. The molecule has 2 N–H and O–H groups in total. The average molecular weight is 495 g/mol. The molecular formula is C24H24ClFN8O. The van der Waals surface area contributed by atoms with Crippen LogP contribution in [-0.2, 0) is 0 Å². The highest BCUT2D eigenvalue weighted by molar-refractivity contribution is 6.38. The molecule has 1 amide bonds. The van der Waals surface area contributed by atoms with Crippen LogP contribution in [0.3, 0.4) is 0 Å². The van der Waals surface area contributed by atoms with Crippen LogP contribution >= 0.6 is 11.6 Å². The van der Waals surface area contributed by atoms with E-state index in [1.54, 1.807) is 4.90 Å². The van der Waals surface area contributed by atoms with Gasteiger partial charge in [-0.1, -0.05) is 17.7 Å². The van der Waals surface area contributed by atoms with E-state index in [2.05, 4.69) is 30.5 Å². The molecule has 35 heavy (non-hydrogen) atoms. The lowest BCUT2D eigenvalue weighted by atomic mass is 10.1. The van der Waals surface area contributed by atoms with Crippen molar-refractivity contribution < 1.29 is 9.18 Å². The summed E-state index contributed by atoms with van der Waals surface area (Å²) < 4.78 is 14.7. The summed E-state index contributed by atoms with van der Waals surface area (Å²) in [5, 5.41) is 6.67.